The first-order valence-electron chi connectivity index (χ1n) is 5.43. The van der Waals surface area contributed by atoms with Gasteiger partial charge in [-0.05, 0) is 19.4 Å². The summed E-state index contributed by atoms with van der Waals surface area (Å²) in [5, 5.41) is 24.4. The largest absolute Gasteiger partial charge is 0.481 e. The van der Waals surface area contributed by atoms with E-state index in [1.54, 1.807) is 0 Å². The number of aliphatic hydroxyl groups excluding tert-OH is 1. The molecule has 4 N–H and O–H groups in total. The van der Waals surface area contributed by atoms with E-state index in [1.807, 2.05) is 6.92 Å². The molecule has 0 aromatic carbocycles. The van der Waals surface area contributed by atoms with E-state index in [0.717, 1.165) is 6.42 Å². The summed E-state index contributed by atoms with van der Waals surface area (Å²) in [6.07, 6.45) is 1.28. The second-order valence-electron chi connectivity index (χ2n) is 4.23. The number of carboxylic acids is 1. The van der Waals surface area contributed by atoms with Crippen LogP contribution in [0.25, 0.3) is 0 Å². The highest BCUT2D eigenvalue weighted by atomic mass is 16.4. The third-order valence-electron chi connectivity index (χ3n) is 2.87. The molecule has 1 heterocycles. The quantitative estimate of drug-likeness (QED) is 0.463. The van der Waals surface area contributed by atoms with E-state index in [1.165, 1.54) is 0 Å². The molecular weight excluding hydrogens is 196 g/mol. The van der Waals surface area contributed by atoms with Crippen LogP contribution in [-0.4, -0.2) is 47.5 Å². The molecule has 0 aromatic rings. The summed E-state index contributed by atoms with van der Waals surface area (Å²) in [6, 6.07) is 0. The van der Waals surface area contributed by atoms with Crippen LogP contribution in [0.1, 0.15) is 26.2 Å². The van der Waals surface area contributed by atoms with Gasteiger partial charge in [-0.25, -0.2) is 0 Å². The van der Waals surface area contributed by atoms with Gasteiger partial charge < -0.3 is 20.8 Å². The second-order valence-corrected chi connectivity index (χ2v) is 4.23. The van der Waals surface area contributed by atoms with Gasteiger partial charge >= 0.3 is 5.97 Å². The molecule has 1 aliphatic rings. The maximum Gasteiger partial charge on any atom is 0.305 e. The monoisotopic (exact) mass is 216 g/mol. The maximum atomic E-state index is 10.6. The molecular formula is C10H20N2O3. The second kappa shape index (κ2) is 5.44. The molecule has 1 fully saturated rings. The highest BCUT2D eigenvalue weighted by molar-refractivity contribution is 5.68. The fourth-order valence-electron chi connectivity index (χ4n) is 1.74. The number of carbonyl (C=O) groups is 1. The normalized spacial score (nSPS) is 20.7. The number of nitrogens with one attached hydrogen (secondary N) is 2. The number of aliphatic carboxylic acids is 1. The van der Waals surface area contributed by atoms with Crippen molar-refractivity contribution in [3.05, 3.63) is 0 Å². The average Bonchev–Trinajstić information content (AvgIpc) is 2.12. The number of rotatable bonds is 7. The molecule has 1 aliphatic heterocycles. The zero-order valence-electron chi connectivity index (χ0n) is 9.12. The van der Waals surface area contributed by atoms with Gasteiger partial charge in [-0.1, -0.05) is 6.92 Å². The topological polar surface area (TPSA) is 81.6 Å². The molecule has 88 valence electrons. The van der Waals surface area contributed by atoms with Crippen molar-refractivity contribution in [1.29, 1.82) is 0 Å². The van der Waals surface area contributed by atoms with Crippen LogP contribution in [0.4, 0.5) is 0 Å². The van der Waals surface area contributed by atoms with Crippen molar-refractivity contribution in [2.45, 2.75) is 37.8 Å². The van der Waals surface area contributed by atoms with E-state index in [-0.39, 0.29) is 18.1 Å². The standard InChI is InChI=1S/C10H20N2O3/c1-2-8(13)3-4-12-10(5-9(14)15)6-11-7-10/h8,11-13H,2-7H2,1H3,(H,14,15). The van der Waals surface area contributed by atoms with Crippen molar-refractivity contribution in [3.63, 3.8) is 0 Å². The van der Waals surface area contributed by atoms with Crippen LogP contribution >= 0.6 is 0 Å². The Bertz CT molecular complexity index is 217. The molecule has 5 heteroatoms. The fourth-order valence-corrected chi connectivity index (χ4v) is 1.74. The lowest BCUT2D eigenvalue weighted by Gasteiger charge is -2.42. The van der Waals surface area contributed by atoms with Crippen LogP contribution in [0.2, 0.25) is 0 Å². The molecule has 1 saturated heterocycles. The van der Waals surface area contributed by atoms with E-state index in [9.17, 15) is 9.90 Å². The summed E-state index contributed by atoms with van der Waals surface area (Å²) < 4.78 is 0. The first kappa shape index (κ1) is 12.4. The summed E-state index contributed by atoms with van der Waals surface area (Å²) in [4.78, 5) is 10.6. The highest BCUT2D eigenvalue weighted by Gasteiger charge is 2.38. The van der Waals surface area contributed by atoms with Crippen LogP contribution in [0, 0.1) is 0 Å². The lowest BCUT2D eigenvalue weighted by molar-refractivity contribution is -0.139. The SMILES string of the molecule is CCC(O)CCNC1(CC(=O)O)CNC1. The Hall–Kier alpha value is -0.650. The lowest BCUT2D eigenvalue weighted by Crippen LogP contribution is -2.68. The van der Waals surface area contributed by atoms with E-state index >= 15 is 0 Å². The zero-order chi connectivity index (χ0) is 11.3. The molecule has 0 radical (unpaired) electrons. The summed E-state index contributed by atoms with van der Waals surface area (Å²) in [5.74, 6) is -0.778. The van der Waals surface area contributed by atoms with Crippen LogP contribution in [0.15, 0.2) is 0 Å². The van der Waals surface area contributed by atoms with Gasteiger partial charge in [0.15, 0.2) is 0 Å². The number of carboxylic acid groups (broad SMARTS) is 1. The molecule has 0 saturated carbocycles. The van der Waals surface area contributed by atoms with Crippen molar-refractivity contribution in [1.82, 2.24) is 10.6 Å². The minimum absolute atomic E-state index is 0.141. The molecule has 0 aliphatic carbocycles. The molecule has 0 amide bonds. The molecule has 0 bridgehead atoms. The minimum Gasteiger partial charge on any atom is -0.481 e. The van der Waals surface area contributed by atoms with Gasteiger partial charge in [0.1, 0.15) is 0 Å². The Kier molecular flexibility index (Phi) is 4.50. The molecule has 1 rings (SSSR count). The number of hydrogen-bond acceptors (Lipinski definition) is 4. The van der Waals surface area contributed by atoms with Gasteiger partial charge in [-0.15, -0.1) is 0 Å². The Morgan fingerprint density at radius 3 is 2.67 bits per heavy atom. The van der Waals surface area contributed by atoms with Crippen molar-refractivity contribution < 1.29 is 15.0 Å². The van der Waals surface area contributed by atoms with E-state index in [2.05, 4.69) is 10.6 Å². The summed E-state index contributed by atoms with van der Waals surface area (Å²) in [6.45, 7) is 4.00. The summed E-state index contributed by atoms with van der Waals surface area (Å²) in [5.41, 5.74) is -0.292. The molecule has 1 unspecified atom stereocenters. The van der Waals surface area contributed by atoms with Gasteiger partial charge in [0, 0.05) is 13.1 Å². The zero-order valence-corrected chi connectivity index (χ0v) is 9.12. The first-order chi connectivity index (χ1) is 7.08. The molecule has 0 spiro atoms. The van der Waals surface area contributed by atoms with Crippen LogP contribution in [0.3, 0.4) is 0 Å². The Balaban J connectivity index is 2.24. The molecule has 1 atom stereocenters. The van der Waals surface area contributed by atoms with Gasteiger partial charge in [0.2, 0.25) is 0 Å². The average molecular weight is 216 g/mol. The minimum atomic E-state index is -0.778. The van der Waals surface area contributed by atoms with Crippen molar-refractivity contribution in [2.24, 2.45) is 0 Å². The van der Waals surface area contributed by atoms with Crippen LogP contribution in [-0.2, 0) is 4.79 Å². The molecule has 5 nitrogen and oxygen atoms in total. The Labute approximate surface area is 89.9 Å². The summed E-state index contributed by atoms with van der Waals surface area (Å²) in [7, 11) is 0. The smallest absolute Gasteiger partial charge is 0.305 e. The van der Waals surface area contributed by atoms with Gasteiger partial charge in [-0.3, -0.25) is 4.79 Å². The molecule has 0 aromatic heterocycles. The van der Waals surface area contributed by atoms with Gasteiger partial charge in [-0.2, -0.15) is 0 Å². The van der Waals surface area contributed by atoms with E-state index in [4.69, 9.17) is 5.11 Å². The van der Waals surface area contributed by atoms with E-state index < -0.39 is 5.97 Å². The highest BCUT2D eigenvalue weighted by Crippen LogP contribution is 2.16. The maximum absolute atomic E-state index is 10.6. The third-order valence-corrected chi connectivity index (χ3v) is 2.87. The Morgan fingerprint density at radius 2 is 2.27 bits per heavy atom. The van der Waals surface area contributed by atoms with Crippen molar-refractivity contribution in [2.75, 3.05) is 19.6 Å². The fraction of sp³-hybridized carbons (Fsp3) is 0.900. The number of hydrogen-bond donors (Lipinski definition) is 4. The van der Waals surface area contributed by atoms with Crippen LogP contribution < -0.4 is 10.6 Å². The van der Waals surface area contributed by atoms with Crippen molar-refractivity contribution in [3.8, 4) is 0 Å². The van der Waals surface area contributed by atoms with Gasteiger partial charge in [0.25, 0.3) is 0 Å². The number of aliphatic hydroxyl groups is 1. The van der Waals surface area contributed by atoms with Crippen molar-refractivity contribution >= 4 is 5.97 Å². The van der Waals surface area contributed by atoms with Gasteiger partial charge in [0.05, 0.1) is 18.1 Å². The predicted molar refractivity (Wildman–Crippen MR) is 56.8 cm³/mol. The first-order valence-corrected chi connectivity index (χ1v) is 5.43. The summed E-state index contributed by atoms with van der Waals surface area (Å²) >= 11 is 0. The van der Waals surface area contributed by atoms with E-state index in [0.29, 0.717) is 26.1 Å². The van der Waals surface area contributed by atoms with Crippen LogP contribution in [0.5, 0.6) is 0 Å². The Morgan fingerprint density at radius 1 is 1.60 bits per heavy atom. The predicted octanol–water partition coefficient (Wildman–Crippen LogP) is -0.446. The lowest BCUT2D eigenvalue weighted by atomic mass is 9.88. The molecule has 15 heavy (non-hydrogen) atoms. The third kappa shape index (κ3) is 3.77.